The predicted molar refractivity (Wildman–Crippen MR) is 110 cm³/mol. The Hall–Kier alpha value is -1.21. The van der Waals surface area contributed by atoms with E-state index in [1.54, 1.807) is 0 Å². The smallest absolute Gasteiger partial charge is 0.183 e. The zero-order chi connectivity index (χ0) is 19.3. The highest BCUT2D eigenvalue weighted by atomic mass is 79.9. The molecule has 5 nitrogen and oxygen atoms in total. The van der Waals surface area contributed by atoms with E-state index in [-0.39, 0.29) is 5.78 Å². The second kappa shape index (κ2) is 9.32. The zero-order valence-corrected chi connectivity index (χ0v) is 17.7. The molecule has 0 N–H and O–H groups in total. The van der Waals surface area contributed by atoms with Gasteiger partial charge in [-0.2, -0.15) is 0 Å². The van der Waals surface area contributed by atoms with Crippen LogP contribution in [0.5, 0.6) is 0 Å². The molecule has 2 aliphatic heterocycles. The number of ketones is 1. The lowest BCUT2D eigenvalue weighted by atomic mass is 9.80. The van der Waals surface area contributed by atoms with Gasteiger partial charge in [0, 0.05) is 48.3 Å². The van der Waals surface area contributed by atoms with E-state index in [0.29, 0.717) is 19.6 Å². The van der Waals surface area contributed by atoms with Gasteiger partial charge in [0.2, 0.25) is 0 Å². The molecular weight excluding hydrogens is 408 g/mol. The molecule has 0 aromatic heterocycles. The van der Waals surface area contributed by atoms with Crippen LogP contribution >= 0.6 is 15.9 Å². The van der Waals surface area contributed by atoms with E-state index < -0.39 is 5.54 Å². The number of Topliss-reactive ketones (excluding diaryl/α,β-unsaturated/α-hetero) is 1. The number of nitrogens with zero attached hydrogens (tertiary/aromatic N) is 2. The van der Waals surface area contributed by atoms with E-state index >= 15 is 0 Å². The van der Waals surface area contributed by atoms with Crippen molar-refractivity contribution in [3.8, 4) is 0 Å². The molecule has 1 aromatic rings. The SMILES string of the molecule is C=C(CC(CC)(C(=O)c1ccc(Br)cc1)N1CCOCC1)N1CCOCC1. The normalized spacial score (nSPS) is 20.9. The van der Waals surface area contributed by atoms with Crippen LogP contribution < -0.4 is 0 Å². The van der Waals surface area contributed by atoms with E-state index in [4.69, 9.17) is 9.47 Å². The predicted octanol–water partition coefficient (Wildman–Crippen LogP) is 3.35. The van der Waals surface area contributed by atoms with Gasteiger partial charge in [0.05, 0.1) is 32.0 Å². The van der Waals surface area contributed by atoms with Gasteiger partial charge in [-0.25, -0.2) is 0 Å². The minimum absolute atomic E-state index is 0.175. The highest BCUT2D eigenvalue weighted by molar-refractivity contribution is 9.10. The van der Waals surface area contributed by atoms with E-state index in [9.17, 15) is 4.79 Å². The highest BCUT2D eigenvalue weighted by Crippen LogP contribution is 2.33. The number of ether oxygens (including phenoxy) is 2. The number of hydrogen-bond acceptors (Lipinski definition) is 5. The lowest BCUT2D eigenvalue weighted by molar-refractivity contribution is -0.0200. The fourth-order valence-corrected chi connectivity index (χ4v) is 4.30. The van der Waals surface area contributed by atoms with Crippen molar-refractivity contribution in [2.24, 2.45) is 0 Å². The molecule has 2 aliphatic rings. The van der Waals surface area contributed by atoms with Gasteiger partial charge in [-0.1, -0.05) is 41.6 Å². The van der Waals surface area contributed by atoms with Gasteiger partial charge >= 0.3 is 0 Å². The molecule has 6 heteroatoms. The van der Waals surface area contributed by atoms with Crippen LogP contribution in [0.1, 0.15) is 30.1 Å². The third-order valence-electron chi connectivity index (χ3n) is 5.69. The number of carbonyl (C=O) groups is 1. The van der Waals surface area contributed by atoms with Gasteiger partial charge in [-0.3, -0.25) is 9.69 Å². The summed E-state index contributed by atoms with van der Waals surface area (Å²) in [6, 6.07) is 7.69. The molecule has 0 aliphatic carbocycles. The van der Waals surface area contributed by atoms with Crippen LogP contribution in [0.15, 0.2) is 41.0 Å². The standard InChI is InChI=1S/C21H29BrN2O3/c1-3-21(24-10-14-27-15-11-24,16-17(2)23-8-12-26-13-9-23)20(25)18-4-6-19(22)7-5-18/h4-7H,2-3,8-16H2,1H3. The molecule has 148 valence electrons. The Morgan fingerprint density at radius 1 is 1.07 bits per heavy atom. The maximum absolute atomic E-state index is 13.7. The summed E-state index contributed by atoms with van der Waals surface area (Å²) in [6.45, 7) is 12.5. The number of morpholine rings is 2. The second-order valence-electron chi connectivity index (χ2n) is 7.16. The fraction of sp³-hybridized carbons (Fsp3) is 0.571. The Kier molecular flexibility index (Phi) is 7.09. The molecule has 0 spiro atoms. The van der Waals surface area contributed by atoms with Crippen molar-refractivity contribution in [1.82, 2.24) is 9.80 Å². The first-order chi connectivity index (χ1) is 13.1. The lowest BCUT2D eigenvalue weighted by Crippen LogP contribution is -2.58. The third kappa shape index (κ3) is 4.62. The van der Waals surface area contributed by atoms with Crippen LogP contribution in [0.2, 0.25) is 0 Å². The van der Waals surface area contributed by atoms with Crippen LogP contribution in [-0.4, -0.2) is 73.7 Å². The number of benzene rings is 1. The van der Waals surface area contributed by atoms with Crippen molar-refractivity contribution in [2.75, 3.05) is 52.6 Å². The summed E-state index contributed by atoms with van der Waals surface area (Å²) in [5.41, 5.74) is 1.19. The molecule has 0 saturated carbocycles. The summed E-state index contributed by atoms with van der Waals surface area (Å²) in [7, 11) is 0. The van der Waals surface area contributed by atoms with Gasteiger partial charge < -0.3 is 14.4 Å². The molecule has 0 bridgehead atoms. The van der Waals surface area contributed by atoms with Gasteiger partial charge in [-0.15, -0.1) is 0 Å². The van der Waals surface area contributed by atoms with Crippen LogP contribution in [0, 0.1) is 0 Å². The monoisotopic (exact) mass is 436 g/mol. The van der Waals surface area contributed by atoms with Gasteiger partial charge in [0.25, 0.3) is 0 Å². The number of hydrogen-bond donors (Lipinski definition) is 0. The summed E-state index contributed by atoms with van der Waals surface area (Å²) in [6.07, 6.45) is 1.38. The first-order valence-electron chi connectivity index (χ1n) is 9.70. The van der Waals surface area contributed by atoms with Crippen LogP contribution in [0.3, 0.4) is 0 Å². The molecule has 2 fully saturated rings. The minimum Gasteiger partial charge on any atom is -0.379 e. The lowest BCUT2D eigenvalue weighted by Gasteiger charge is -2.46. The fourth-order valence-electron chi connectivity index (χ4n) is 4.04. The highest BCUT2D eigenvalue weighted by Gasteiger charge is 2.44. The second-order valence-corrected chi connectivity index (χ2v) is 8.08. The number of carbonyl (C=O) groups excluding carboxylic acids is 1. The molecule has 27 heavy (non-hydrogen) atoms. The topological polar surface area (TPSA) is 42.0 Å². The first-order valence-corrected chi connectivity index (χ1v) is 10.5. The largest absolute Gasteiger partial charge is 0.379 e. The van der Waals surface area contributed by atoms with Gasteiger partial charge in [0.15, 0.2) is 5.78 Å². The quantitative estimate of drug-likeness (QED) is 0.613. The molecule has 2 saturated heterocycles. The van der Waals surface area contributed by atoms with Gasteiger partial charge in [-0.05, 0) is 18.6 Å². The van der Waals surface area contributed by atoms with Crippen LogP contribution in [0.4, 0.5) is 0 Å². The van der Waals surface area contributed by atoms with Crippen LogP contribution in [0.25, 0.3) is 0 Å². The Morgan fingerprint density at radius 3 is 2.19 bits per heavy atom. The summed E-state index contributed by atoms with van der Waals surface area (Å²) >= 11 is 3.46. The summed E-state index contributed by atoms with van der Waals surface area (Å²) in [5, 5.41) is 0. The Bertz CT molecular complexity index is 652. The van der Waals surface area contributed by atoms with Crippen LogP contribution in [-0.2, 0) is 9.47 Å². The Labute approximate surface area is 170 Å². The van der Waals surface area contributed by atoms with Crippen molar-refractivity contribution in [3.05, 3.63) is 46.6 Å². The van der Waals surface area contributed by atoms with Crippen molar-refractivity contribution in [3.63, 3.8) is 0 Å². The maximum atomic E-state index is 13.7. The molecule has 2 heterocycles. The molecule has 1 unspecified atom stereocenters. The van der Waals surface area contributed by atoms with Crippen molar-refractivity contribution < 1.29 is 14.3 Å². The third-order valence-corrected chi connectivity index (χ3v) is 6.21. The number of rotatable bonds is 7. The minimum atomic E-state index is -0.590. The molecule has 1 aromatic carbocycles. The zero-order valence-electron chi connectivity index (χ0n) is 16.1. The molecule has 0 radical (unpaired) electrons. The van der Waals surface area contributed by atoms with Crippen molar-refractivity contribution in [1.29, 1.82) is 0 Å². The van der Waals surface area contributed by atoms with E-state index in [1.807, 2.05) is 24.3 Å². The van der Waals surface area contributed by atoms with Gasteiger partial charge in [0.1, 0.15) is 0 Å². The molecule has 0 amide bonds. The molecule has 1 atom stereocenters. The number of halogens is 1. The first kappa shape index (κ1) is 20.5. The van der Waals surface area contributed by atoms with E-state index in [0.717, 1.165) is 61.5 Å². The Morgan fingerprint density at radius 2 is 1.63 bits per heavy atom. The van der Waals surface area contributed by atoms with E-state index in [1.165, 1.54) is 0 Å². The summed E-state index contributed by atoms with van der Waals surface area (Å²) < 4.78 is 12.0. The van der Waals surface area contributed by atoms with E-state index in [2.05, 4.69) is 39.2 Å². The summed E-state index contributed by atoms with van der Waals surface area (Å²) in [4.78, 5) is 18.3. The van der Waals surface area contributed by atoms with Crippen molar-refractivity contribution >= 4 is 21.7 Å². The van der Waals surface area contributed by atoms with Crippen molar-refractivity contribution in [2.45, 2.75) is 25.3 Å². The Balaban J connectivity index is 1.90. The summed E-state index contributed by atoms with van der Waals surface area (Å²) in [5.74, 6) is 0.175. The maximum Gasteiger partial charge on any atom is 0.183 e. The molecular formula is C21H29BrN2O3. The average molecular weight is 437 g/mol. The molecule has 3 rings (SSSR count). The average Bonchev–Trinajstić information content (AvgIpc) is 2.73.